The van der Waals surface area contributed by atoms with Crippen LogP contribution in [0.2, 0.25) is 0 Å². The summed E-state index contributed by atoms with van der Waals surface area (Å²) in [4.78, 5) is 23.3. The zero-order chi connectivity index (χ0) is 17.2. The van der Waals surface area contributed by atoms with Crippen LogP contribution in [0, 0.1) is 16.7 Å². The van der Waals surface area contributed by atoms with Gasteiger partial charge in [-0.1, -0.05) is 20.8 Å². The molecule has 0 amide bonds. The number of rotatable bonds is 1. The van der Waals surface area contributed by atoms with Gasteiger partial charge in [0.25, 0.3) is 0 Å². The van der Waals surface area contributed by atoms with Crippen molar-refractivity contribution in [3.05, 3.63) is 23.0 Å². The molecule has 0 saturated heterocycles. The lowest BCUT2D eigenvalue weighted by atomic mass is 9.48. The molecule has 1 N–H and O–H groups in total. The molecule has 5 heteroatoms. The minimum atomic E-state index is -0.729. The summed E-state index contributed by atoms with van der Waals surface area (Å²) in [6.45, 7) is 9.40. The molecule has 0 spiro atoms. The maximum Gasteiger partial charge on any atom is 0.339 e. The number of hydrogen-bond donors (Lipinski definition) is 1. The first-order valence-electron chi connectivity index (χ1n) is 8.09. The third-order valence-corrected chi connectivity index (χ3v) is 6.37. The largest absolute Gasteiger partial charge is 0.459 e. The zero-order valence-electron chi connectivity index (χ0n) is 14.3. The molecule has 1 aliphatic heterocycles. The van der Waals surface area contributed by atoms with Gasteiger partial charge in [0, 0.05) is 24.0 Å². The van der Waals surface area contributed by atoms with Crippen molar-refractivity contribution < 1.29 is 24.2 Å². The van der Waals surface area contributed by atoms with Crippen LogP contribution in [0.1, 0.15) is 47.5 Å². The summed E-state index contributed by atoms with van der Waals surface area (Å²) in [6, 6.07) is 0. The van der Waals surface area contributed by atoms with Gasteiger partial charge in [0.2, 0.25) is 0 Å². The van der Waals surface area contributed by atoms with E-state index in [1.165, 1.54) is 6.92 Å². The molecule has 1 fully saturated rings. The van der Waals surface area contributed by atoms with Crippen LogP contribution >= 0.6 is 0 Å². The summed E-state index contributed by atoms with van der Waals surface area (Å²) in [7, 11) is 0. The second kappa shape index (κ2) is 4.94. The highest BCUT2D eigenvalue weighted by Crippen LogP contribution is 2.62. The number of carbonyl (C=O) groups is 2. The Morgan fingerprint density at radius 3 is 2.70 bits per heavy atom. The summed E-state index contributed by atoms with van der Waals surface area (Å²) in [5, 5.41) is 10.5. The number of hydrogen-bond acceptors (Lipinski definition) is 5. The first-order chi connectivity index (χ1) is 10.6. The van der Waals surface area contributed by atoms with E-state index in [4.69, 9.17) is 9.47 Å². The van der Waals surface area contributed by atoms with Crippen molar-refractivity contribution in [2.45, 2.75) is 59.7 Å². The molecule has 0 aromatic rings. The molecule has 23 heavy (non-hydrogen) atoms. The lowest BCUT2D eigenvalue weighted by molar-refractivity contribution is -0.184. The van der Waals surface area contributed by atoms with Crippen molar-refractivity contribution in [3.8, 4) is 0 Å². The van der Waals surface area contributed by atoms with Crippen LogP contribution in [0.5, 0.6) is 0 Å². The first kappa shape index (κ1) is 16.2. The average molecular weight is 320 g/mol. The number of ether oxygens (including phenoxy) is 2. The van der Waals surface area contributed by atoms with E-state index in [0.717, 1.165) is 5.57 Å². The van der Waals surface area contributed by atoms with E-state index >= 15 is 0 Å². The number of fused-ring (bicyclic) bond motifs is 2. The van der Waals surface area contributed by atoms with E-state index in [1.54, 1.807) is 6.92 Å². The second-order valence-corrected chi connectivity index (χ2v) is 7.65. The van der Waals surface area contributed by atoms with Gasteiger partial charge in [0.1, 0.15) is 11.9 Å². The van der Waals surface area contributed by atoms with Crippen LogP contribution in [0.15, 0.2) is 23.0 Å². The van der Waals surface area contributed by atoms with Gasteiger partial charge >= 0.3 is 11.9 Å². The quantitative estimate of drug-likeness (QED) is 0.752. The van der Waals surface area contributed by atoms with Gasteiger partial charge in [0.15, 0.2) is 0 Å². The topological polar surface area (TPSA) is 72.8 Å². The van der Waals surface area contributed by atoms with Crippen molar-refractivity contribution in [3.63, 3.8) is 0 Å². The van der Waals surface area contributed by atoms with Crippen molar-refractivity contribution in [2.75, 3.05) is 0 Å². The molecule has 2 aliphatic carbocycles. The van der Waals surface area contributed by atoms with Gasteiger partial charge in [-0.25, -0.2) is 4.79 Å². The molecule has 1 saturated carbocycles. The van der Waals surface area contributed by atoms with Crippen molar-refractivity contribution in [1.29, 1.82) is 0 Å². The Hall–Kier alpha value is -1.62. The Kier molecular flexibility index (Phi) is 3.49. The molecular formula is C18H24O5. The molecule has 5 nitrogen and oxygen atoms in total. The molecule has 0 bridgehead atoms. The predicted molar refractivity (Wildman–Crippen MR) is 83.0 cm³/mol. The molecule has 0 aromatic carbocycles. The second-order valence-electron chi connectivity index (χ2n) is 7.65. The Morgan fingerprint density at radius 2 is 2.09 bits per heavy atom. The number of allylic oxidation sites excluding steroid dienone is 2. The maximum atomic E-state index is 11.9. The summed E-state index contributed by atoms with van der Waals surface area (Å²) < 4.78 is 10.8. The fourth-order valence-corrected chi connectivity index (χ4v) is 4.50. The van der Waals surface area contributed by atoms with E-state index in [-0.39, 0.29) is 28.7 Å². The molecule has 1 heterocycles. The molecular weight excluding hydrogens is 296 g/mol. The van der Waals surface area contributed by atoms with E-state index in [0.29, 0.717) is 24.2 Å². The van der Waals surface area contributed by atoms with Crippen LogP contribution < -0.4 is 0 Å². The fourth-order valence-electron chi connectivity index (χ4n) is 4.50. The van der Waals surface area contributed by atoms with Gasteiger partial charge < -0.3 is 14.6 Å². The van der Waals surface area contributed by atoms with Crippen LogP contribution in [0.3, 0.4) is 0 Å². The van der Waals surface area contributed by atoms with Gasteiger partial charge in [-0.2, -0.15) is 0 Å². The monoisotopic (exact) mass is 320 g/mol. The lowest BCUT2D eigenvalue weighted by Crippen LogP contribution is -2.58. The van der Waals surface area contributed by atoms with Crippen molar-refractivity contribution >= 4 is 11.9 Å². The smallest absolute Gasteiger partial charge is 0.339 e. The number of aliphatic hydroxyl groups is 1. The Bertz CT molecular complexity index is 646. The SMILES string of the molecule is CC(=O)OC1C(O)CC2(C)C=C3OC(=O)C(C)=C3CC2(C)C1C. The Balaban J connectivity index is 2.06. The van der Waals surface area contributed by atoms with E-state index in [1.807, 2.05) is 13.0 Å². The van der Waals surface area contributed by atoms with Crippen LogP contribution in [-0.2, 0) is 19.1 Å². The highest BCUT2D eigenvalue weighted by molar-refractivity contribution is 5.94. The maximum absolute atomic E-state index is 11.9. The van der Waals surface area contributed by atoms with Crippen molar-refractivity contribution in [1.82, 2.24) is 0 Å². The third kappa shape index (κ3) is 2.17. The summed E-state index contributed by atoms with van der Waals surface area (Å²) in [5.41, 5.74) is 1.04. The third-order valence-electron chi connectivity index (χ3n) is 6.37. The number of aliphatic hydroxyl groups excluding tert-OH is 1. The summed E-state index contributed by atoms with van der Waals surface area (Å²) >= 11 is 0. The van der Waals surface area contributed by atoms with E-state index in [9.17, 15) is 14.7 Å². The standard InChI is InChI=1S/C18H24O5/c1-9-12-6-18(5)10(2)15(22-11(3)19)13(20)7-17(18,4)8-14(12)23-16(9)21/h8,10,13,15,20H,6-7H2,1-5H3. The predicted octanol–water partition coefficient (Wildman–Crippen LogP) is 2.49. The Morgan fingerprint density at radius 1 is 1.43 bits per heavy atom. The minimum Gasteiger partial charge on any atom is -0.459 e. The molecule has 3 aliphatic rings. The van der Waals surface area contributed by atoms with Crippen LogP contribution in [0.25, 0.3) is 0 Å². The fraction of sp³-hybridized carbons (Fsp3) is 0.667. The van der Waals surface area contributed by atoms with Crippen LogP contribution in [0.4, 0.5) is 0 Å². The molecule has 5 atom stereocenters. The summed E-state index contributed by atoms with van der Waals surface area (Å²) in [5.74, 6) is -0.0801. The highest BCUT2D eigenvalue weighted by Gasteiger charge is 2.59. The van der Waals surface area contributed by atoms with E-state index < -0.39 is 12.2 Å². The number of carbonyl (C=O) groups excluding carboxylic acids is 2. The highest BCUT2D eigenvalue weighted by atomic mass is 16.6. The average Bonchev–Trinajstić information content (AvgIpc) is 2.69. The van der Waals surface area contributed by atoms with E-state index in [2.05, 4.69) is 13.8 Å². The molecule has 5 unspecified atom stereocenters. The normalized spacial score (nSPS) is 42.6. The van der Waals surface area contributed by atoms with Gasteiger partial charge in [-0.15, -0.1) is 0 Å². The van der Waals surface area contributed by atoms with Gasteiger partial charge in [0.05, 0.1) is 6.10 Å². The van der Waals surface area contributed by atoms with Crippen LogP contribution in [-0.4, -0.2) is 29.3 Å². The lowest BCUT2D eigenvalue weighted by Gasteiger charge is -2.58. The zero-order valence-corrected chi connectivity index (χ0v) is 14.3. The van der Waals surface area contributed by atoms with Crippen molar-refractivity contribution in [2.24, 2.45) is 16.7 Å². The van der Waals surface area contributed by atoms with Gasteiger partial charge in [-0.3, -0.25) is 4.79 Å². The summed E-state index contributed by atoms with van der Waals surface area (Å²) in [6.07, 6.45) is 1.88. The first-order valence-corrected chi connectivity index (χ1v) is 8.09. The van der Waals surface area contributed by atoms with Gasteiger partial charge in [-0.05, 0) is 36.7 Å². The molecule has 0 aromatic heterocycles. The molecule has 0 radical (unpaired) electrons. The molecule has 3 rings (SSSR count). The number of esters is 2. The minimum absolute atomic E-state index is 0.0473. The Labute approximate surface area is 136 Å². The molecule has 126 valence electrons.